The van der Waals surface area contributed by atoms with Gasteiger partial charge >= 0.3 is 0 Å². The number of fused-ring (bicyclic) bond motifs is 9. The summed E-state index contributed by atoms with van der Waals surface area (Å²) in [6.07, 6.45) is 0. The fraction of sp³-hybridized carbons (Fsp3) is 0.0323. The van der Waals surface area contributed by atoms with Gasteiger partial charge in [-0.3, -0.25) is 0 Å². The molecule has 4 aromatic heterocycles. The van der Waals surface area contributed by atoms with Crippen molar-refractivity contribution in [2.24, 2.45) is 7.05 Å². The molecule has 0 radical (unpaired) electrons. The minimum Gasteiger partial charge on any atom is -0.343 e. The third kappa shape index (κ3) is 1.80. The van der Waals surface area contributed by atoms with Crippen LogP contribution in [0.5, 0.6) is 0 Å². The van der Waals surface area contributed by atoms with Crippen molar-refractivity contribution in [2.75, 3.05) is 0 Å². The summed E-state index contributed by atoms with van der Waals surface area (Å²) in [6, 6.07) is 33.8. The number of para-hydroxylation sites is 2. The Hall–Kier alpha value is -4.08. The fourth-order valence-corrected chi connectivity index (χ4v) is 7.66. The molecule has 3 heteroatoms. The quantitative estimate of drug-likeness (QED) is 0.218. The van der Waals surface area contributed by atoms with Gasteiger partial charge in [-0.25, -0.2) is 0 Å². The van der Waals surface area contributed by atoms with Gasteiger partial charge in [0.1, 0.15) is 0 Å². The predicted octanol–water partition coefficient (Wildman–Crippen LogP) is 8.85. The summed E-state index contributed by atoms with van der Waals surface area (Å²) in [5.74, 6) is 0. The van der Waals surface area contributed by atoms with Gasteiger partial charge in [0, 0.05) is 59.5 Å². The smallest absolute Gasteiger partial charge is 0.0620 e. The summed E-state index contributed by atoms with van der Waals surface area (Å²) in [5, 5.41) is 10.8. The van der Waals surface area contributed by atoms with Gasteiger partial charge < -0.3 is 8.97 Å². The van der Waals surface area contributed by atoms with Crippen LogP contribution in [0, 0.1) is 0 Å². The number of thiophene rings is 1. The first-order valence-corrected chi connectivity index (χ1v) is 12.5. The normalized spacial score (nSPS) is 12.9. The molecule has 34 heavy (non-hydrogen) atoms. The van der Waals surface area contributed by atoms with Crippen LogP contribution in [0.25, 0.3) is 80.1 Å². The molecule has 9 aromatic rings. The first-order valence-electron chi connectivity index (χ1n) is 11.7. The van der Waals surface area contributed by atoms with Gasteiger partial charge in [0.25, 0.3) is 0 Å². The summed E-state index contributed by atoms with van der Waals surface area (Å²) < 4.78 is 7.61. The van der Waals surface area contributed by atoms with Crippen LogP contribution in [-0.2, 0) is 7.05 Å². The zero-order valence-electron chi connectivity index (χ0n) is 18.5. The first-order chi connectivity index (χ1) is 16.8. The molecule has 0 amide bonds. The van der Waals surface area contributed by atoms with Gasteiger partial charge in [-0.15, -0.1) is 11.3 Å². The van der Waals surface area contributed by atoms with Crippen molar-refractivity contribution in [2.45, 2.75) is 0 Å². The highest BCUT2D eigenvalue weighted by Crippen LogP contribution is 2.48. The molecule has 0 atom stereocenters. The second kappa shape index (κ2) is 5.69. The number of hydrogen-bond donors (Lipinski definition) is 0. The number of benzene rings is 5. The summed E-state index contributed by atoms with van der Waals surface area (Å²) >= 11 is 1.91. The van der Waals surface area contributed by atoms with Crippen LogP contribution < -0.4 is 0 Å². The molecule has 2 nitrogen and oxygen atoms in total. The molecule has 0 unspecified atom stereocenters. The average molecular weight is 451 g/mol. The lowest BCUT2D eigenvalue weighted by molar-refractivity contribution is 1.02. The van der Waals surface area contributed by atoms with E-state index in [1.165, 1.54) is 80.1 Å². The highest BCUT2D eigenvalue weighted by molar-refractivity contribution is 7.26. The molecule has 5 aromatic carbocycles. The van der Waals surface area contributed by atoms with Crippen LogP contribution in [0.15, 0.2) is 91.0 Å². The third-order valence-corrected chi connectivity index (χ3v) is 8.96. The number of aryl methyl sites for hydroxylation is 1. The number of nitrogens with zero attached hydrogens (tertiary/aromatic N) is 2. The number of aromatic nitrogens is 2. The highest BCUT2D eigenvalue weighted by Gasteiger charge is 2.23. The summed E-state index contributed by atoms with van der Waals surface area (Å²) in [5.41, 5.74) is 6.46. The standard InChI is InChI=1S/C31H18N2S/c1-32-22-13-7-14-23-29(22)30-24(32)16-26-27(19-9-3-5-15-25(19)34-26)28(30)20-11-6-10-18-17-8-2-4-12-21(17)33(23)31(18)20/h2-16H,1H3. The molecule has 0 fully saturated rings. The molecular formula is C31H18N2S. The Bertz CT molecular complexity index is 2290. The maximum Gasteiger partial charge on any atom is 0.0620 e. The maximum absolute atomic E-state index is 2.52. The summed E-state index contributed by atoms with van der Waals surface area (Å²) in [7, 11) is 2.22. The van der Waals surface area contributed by atoms with Crippen LogP contribution in [0.4, 0.5) is 0 Å². The number of rotatable bonds is 0. The minimum atomic E-state index is 1.27. The van der Waals surface area contributed by atoms with Gasteiger partial charge in [0.2, 0.25) is 0 Å². The van der Waals surface area contributed by atoms with Gasteiger partial charge in [-0.2, -0.15) is 0 Å². The largest absolute Gasteiger partial charge is 0.343 e. The van der Waals surface area contributed by atoms with E-state index < -0.39 is 0 Å². The van der Waals surface area contributed by atoms with E-state index in [9.17, 15) is 0 Å². The van der Waals surface area contributed by atoms with Crippen molar-refractivity contribution in [1.82, 2.24) is 8.97 Å². The van der Waals surface area contributed by atoms with Gasteiger partial charge in [-0.05, 0) is 30.3 Å². The minimum absolute atomic E-state index is 1.27. The number of hydrogen-bond acceptors (Lipinski definition) is 1. The molecule has 0 saturated carbocycles. The van der Waals surface area contributed by atoms with Crippen LogP contribution in [0.1, 0.15) is 0 Å². The third-order valence-electron chi connectivity index (χ3n) is 7.84. The first kappa shape index (κ1) is 17.4. The van der Waals surface area contributed by atoms with Crippen LogP contribution in [0.3, 0.4) is 0 Å². The second-order valence-electron chi connectivity index (χ2n) is 9.40. The monoisotopic (exact) mass is 450 g/mol. The van der Waals surface area contributed by atoms with Crippen molar-refractivity contribution in [3.63, 3.8) is 0 Å². The SMILES string of the molecule is Cn1c2cc3sc4ccccc4c3c3c4cccc5c6ccccc6n(c6cccc1c6c32)c54. The molecule has 0 aliphatic carbocycles. The van der Waals surface area contributed by atoms with E-state index in [4.69, 9.17) is 0 Å². The fourth-order valence-electron chi connectivity index (χ4n) is 6.51. The lowest BCUT2D eigenvalue weighted by Gasteiger charge is -2.05. The Morgan fingerprint density at radius 3 is 2.15 bits per heavy atom. The lowest BCUT2D eigenvalue weighted by atomic mass is 9.99. The van der Waals surface area contributed by atoms with Crippen molar-refractivity contribution < 1.29 is 0 Å². The van der Waals surface area contributed by atoms with Crippen molar-refractivity contribution in [3.8, 4) is 0 Å². The van der Waals surface area contributed by atoms with E-state index in [0.29, 0.717) is 0 Å². The zero-order valence-corrected chi connectivity index (χ0v) is 19.3. The van der Waals surface area contributed by atoms with Gasteiger partial charge in [0.15, 0.2) is 0 Å². The molecule has 9 rings (SSSR count). The molecule has 0 bridgehead atoms. The van der Waals surface area contributed by atoms with Crippen LogP contribution in [0.2, 0.25) is 0 Å². The molecular weight excluding hydrogens is 432 g/mol. The Balaban J connectivity index is 1.82. The van der Waals surface area contributed by atoms with Crippen LogP contribution >= 0.6 is 11.3 Å². The summed E-state index contributed by atoms with van der Waals surface area (Å²) in [4.78, 5) is 0. The van der Waals surface area contributed by atoms with E-state index in [1.54, 1.807) is 0 Å². The lowest BCUT2D eigenvalue weighted by Crippen LogP contribution is -1.89. The molecule has 0 N–H and O–H groups in total. The Morgan fingerprint density at radius 1 is 0.500 bits per heavy atom. The molecule has 158 valence electrons. The second-order valence-corrected chi connectivity index (χ2v) is 10.5. The van der Waals surface area contributed by atoms with Crippen molar-refractivity contribution in [1.29, 1.82) is 0 Å². The molecule has 0 aliphatic heterocycles. The predicted molar refractivity (Wildman–Crippen MR) is 148 cm³/mol. The van der Waals surface area contributed by atoms with E-state index in [2.05, 4.69) is 107 Å². The van der Waals surface area contributed by atoms with Crippen molar-refractivity contribution in [3.05, 3.63) is 91.0 Å². The van der Waals surface area contributed by atoms with Gasteiger partial charge in [-0.1, -0.05) is 60.7 Å². The Morgan fingerprint density at radius 2 is 1.21 bits per heavy atom. The van der Waals surface area contributed by atoms with E-state index in [-0.39, 0.29) is 0 Å². The molecule has 4 heterocycles. The summed E-state index contributed by atoms with van der Waals surface area (Å²) in [6.45, 7) is 0. The van der Waals surface area contributed by atoms with Gasteiger partial charge in [0.05, 0.1) is 27.6 Å². The Kier molecular flexibility index (Phi) is 2.91. The van der Waals surface area contributed by atoms with E-state index in [0.717, 1.165) is 0 Å². The van der Waals surface area contributed by atoms with Crippen LogP contribution in [-0.4, -0.2) is 8.97 Å². The average Bonchev–Trinajstić information content (AvgIpc) is 3.48. The Labute approximate surface area is 198 Å². The topological polar surface area (TPSA) is 9.34 Å². The van der Waals surface area contributed by atoms with E-state index >= 15 is 0 Å². The maximum atomic E-state index is 2.52. The van der Waals surface area contributed by atoms with E-state index in [1.807, 2.05) is 11.3 Å². The highest BCUT2D eigenvalue weighted by atomic mass is 32.1. The molecule has 0 spiro atoms. The molecule has 0 saturated heterocycles. The zero-order chi connectivity index (χ0) is 22.1. The van der Waals surface area contributed by atoms with Crippen molar-refractivity contribution >= 4 is 91.4 Å². The molecule has 0 aliphatic rings.